The second kappa shape index (κ2) is 17.0. The molecule has 3 aliphatic rings. The first-order chi connectivity index (χ1) is 23.4. The summed E-state index contributed by atoms with van der Waals surface area (Å²) in [5.41, 5.74) is -4.58. The zero-order valence-corrected chi connectivity index (χ0v) is 33.0. The number of rotatable bonds is 7. The van der Waals surface area contributed by atoms with E-state index < -0.39 is 102 Å². The zero-order chi connectivity index (χ0) is 39.0. The molecule has 0 spiro atoms. The molecule has 3 saturated heterocycles. The van der Waals surface area contributed by atoms with Gasteiger partial charge in [0.05, 0.1) is 47.6 Å². The Bertz CT molecular complexity index is 1170. The maximum Gasteiger partial charge on any atom is 0.311 e. The molecule has 3 rings (SSSR count). The Balaban J connectivity index is 2.18. The normalized spacial score (nSPS) is 49.7. The molecule has 0 aromatic carbocycles. The number of methoxy groups -OCH3 is 1. The van der Waals surface area contributed by atoms with Crippen LogP contribution in [0.25, 0.3) is 0 Å². The molecule has 0 aromatic heterocycles. The van der Waals surface area contributed by atoms with Gasteiger partial charge in [-0.2, -0.15) is 0 Å². The van der Waals surface area contributed by atoms with Crippen LogP contribution in [-0.2, 0) is 33.2 Å². The first-order valence-electron chi connectivity index (χ1n) is 18.5. The first-order valence-corrected chi connectivity index (χ1v) is 18.5. The molecule has 298 valence electrons. The molecule has 3 aliphatic heterocycles. The van der Waals surface area contributed by atoms with Gasteiger partial charge in [-0.05, 0) is 80.8 Å². The van der Waals surface area contributed by atoms with Gasteiger partial charge in [0.1, 0.15) is 23.9 Å². The Kier molecular flexibility index (Phi) is 14.7. The number of cyclic esters (lactones) is 1. The minimum Gasteiger partial charge on any atom is -0.459 e. The number of nitrogens with zero attached hydrogens (tertiary/aromatic N) is 1. The lowest BCUT2D eigenvalue weighted by atomic mass is 9.73. The van der Waals surface area contributed by atoms with Crippen molar-refractivity contribution in [2.24, 2.45) is 23.7 Å². The van der Waals surface area contributed by atoms with Crippen LogP contribution in [0.15, 0.2) is 0 Å². The molecular weight excluding hydrogens is 664 g/mol. The number of nitrogens with one attached hydrogen (secondary N) is 1. The van der Waals surface area contributed by atoms with Crippen molar-refractivity contribution in [2.75, 3.05) is 21.2 Å². The van der Waals surface area contributed by atoms with Crippen molar-refractivity contribution in [2.45, 2.75) is 179 Å². The van der Waals surface area contributed by atoms with Crippen molar-refractivity contribution in [3.63, 3.8) is 0 Å². The summed E-state index contributed by atoms with van der Waals surface area (Å²) < 4.78 is 37.2. The van der Waals surface area contributed by atoms with Crippen LogP contribution in [0.3, 0.4) is 0 Å². The SMILES string of the molecule is CC[C@H]1OC(=O)[C@H](C)[C@@H](OC2CC(C)(OC)C(O)C(C)O2)[C@H](C)[C@@H](OC2OC(C)CC(N(C)C)C2O)[C@](C)(O)C[C@@H](C)C(=N)[C@H](C)[C@@H](O)[C@]1(C)O. The van der Waals surface area contributed by atoms with E-state index in [4.69, 9.17) is 33.8 Å². The van der Waals surface area contributed by atoms with E-state index in [9.17, 15) is 30.3 Å². The van der Waals surface area contributed by atoms with Crippen molar-refractivity contribution < 1.29 is 58.7 Å². The number of aliphatic hydroxyl groups excluding tert-OH is 3. The summed E-state index contributed by atoms with van der Waals surface area (Å²) in [5, 5.41) is 66.9. The van der Waals surface area contributed by atoms with Gasteiger partial charge in [-0.25, -0.2) is 0 Å². The van der Waals surface area contributed by atoms with Crippen LogP contribution in [0.5, 0.6) is 0 Å². The number of hydrogen-bond donors (Lipinski definition) is 6. The molecule has 3 fully saturated rings. The van der Waals surface area contributed by atoms with E-state index in [-0.39, 0.29) is 37.1 Å². The summed E-state index contributed by atoms with van der Waals surface area (Å²) in [6.07, 6.45) is -9.12. The van der Waals surface area contributed by atoms with E-state index >= 15 is 0 Å². The van der Waals surface area contributed by atoms with Gasteiger partial charge in [-0.1, -0.05) is 27.7 Å². The molecule has 0 bridgehead atoms. The standard InChI is InChI=1S/C37H68N2O12/c1-14-25-37(10,45)30(41)20(4)27(38)18(2)16-35(8,44)32(51-34-28(40)24(39(11)12)15-19(3)47-34)21(5)29(22(6)33(43)49-25)50-26-17-36(9,46-13)31(42)23(7)48-26/h18-26,28-32,34,38,40-42,44-45H,14-17H2,1-13H3/t18-,19?,20+,21+,22-,23?,24?,25-,26?,28?,29+,30-,31?,32-,34?,35-,36?,37-/m1/s1. The maximum atomic E-state index is 14.1. The third-order valence-electron chi connectivity index (χ3n) is 11.9. The fraction of sp³-hybridized carbons (Fsp3) is 0.946. The highest BCUT2D eigenvalue weighted by atomic mass is 16.7. The highest BCUT2D eigenvalue weighted by molar-refractivity contribution is 5.86. The van der Waals surface area contributed by atoms with Crippen molar-refractivity contribution in [1.29, 1.82) is 5.41 Å². The summed E-state index contributed by atoms with van der Waals surface area (Å²) in [4.78, 5) is 16.0. The Labute approximate surface area is 304 Å². The monoisotopic (exact) mass is 732 g/mol. The molecule has 14 nitrogen and oxygen atoms in total. The third kappa shape index (κ3) is 9.51. The van der Waals surface area contributed by atoms with Crippen LogP contribution in [0.4, 0.5) is 0 Å². The summed E-state index contributed by atoms with van der Waals surface area (Å²) in [5.74, 6) is -4.02. The molecular formula is C37H68N2O12. The predicted octanol–water partition coefficient (Wildman–Crippen LogP) is 2.24. The molecule has 0 aromatic rings. The molecule has 0 saturated carbocycles. The second-order valence-corrected chi connectivity index (χ2v) is 16.5. The molecule has 3 heterocycles. The molecule has 6 N–H and O–H groups in total. The number of aliphatic hydroxyl groups is 5. The van der Waals surface area contributed by atoms with E-state index in [1.165, 1.54) is 14.0 Å². The minimum absolute atomic E-state index is 0.0107. The largest absolute Gasteiger partial charge is 0.459 e. The van der Waals surface area contributed by atoms with Crippen molar-refractivity contribution >= 4 is 11.7 Å². The fourth-order valence-corrected chi connectivity index (χ4v) is 8.43. The van der Waals surface area contributed by atoms with Gasteiger partial charge in [0.15, 0.2) is 12.6 Å². The molecule has 0 amide bonds. The molecule has 8 unspecified atom stereocenters. The Morgan fingerprint density at radius 1 is 0.922 bits per heavy atom. The minimum atomic E-state index is -1.91. The highest BCUT2D eigenvalue weighted by Crippen LogP contribution is 2.40. The Morgan fingerprint density at radius 2 is 1.53 bits per heavy atom. The van der Waals surface area contributed by atoms with Crippen LogP contribution in [0.2, 0.25) is 0 Å². The fourth-order valence-electron chi connectivity index (χ4n) is 8.43. The summed E-state index contributed by atoms with van der Waals surface area (Å²) in [7, 11) is 5.21. The summed E-state index contributed by atoms with van der Waals surface area (Å²) in [6, 6.07) is -0.304. The van der Waals surface area contributed by atoms with Crippen LogP contribution in [0.1, 0.15) is 94.9 Å². The quantitative estimate of drug-likeness (QED) is 0.209. The van der Waals surface area contributed by atoms with Crippen molar-refractivity contribution in [3.8, 4) is 0 Å². The average molecular weight is 733 g/mol. The van der Waals surface area contributed by atoms with Gasteiger partial charge >= 0.3 is 5.97 Å². The third-order valence-corrected chi connectivity index (χ3v) is 11.9. The van der Waals surface area contributed by atoms with Gasteiger partial charge in [0.25, 0.3) is 0 Å². The van der Waals surface area contributed by atoms with Gasteiger partial charge in [-0.15, -0.1) is 0 Å². The number of ether oxygens (including phenoxy) is 6. The lowest BCUT2D eigenvalue weighted by Crippen LogP contribution is -2.61. The van der Waals surface area contributed by atoms with E-state index in [0.717, 1.165) is 0 Å². The smallest absolute Gasteiger partial charge is 0.311 e. The predicted molar refractivity (Wildman–Crippen MR) is 189 cm³/mol. The number of esters is 1. The molecule has 51 heavy (non-hydrogen) atoms. The van der Waals surface area contributed by atoms with E-state index in [0.29, 0.717) is 6.42 Å². The van der Waals surface area contributed by atoms with Gasteiger partial charge in [0.2, 0.25) is 0 Å². The van der Waals surface area contributed by atoms with E-state index in [1.54, 1.807) is 55.4 Å². The zero-order valence-electron chi connectivity index (χ0n) is 33.0. The van der Waals surface area contributed by atoms with Gasteiger partial charge < -0.3 is 64.3 Å². The molecule has 0 aliphatic carbocycles. The number of carbonyl (C=O) groups is 1. The topological polar surface area (TPSA) is 201 Å². The van der Waals surface area contributed by atoms with Gasteiger partial charge in [-0.3, -0.25) is 4.79 Å². The molecule has 14 heteroatoms. The number of carbonyl (C=O) groups excluding carboxylic acids is 1. The highest BCUT2D eigenvalue weighted by Gasteiger charge is 2.53. The van der Waals surface area contributed by atoms with Crippen LogP contribution in [0, 0.1) is 29.1 Å². The Morgan fingerprint density at radius 3 is 2.08 bits per heavy atom. The first kappa shape index (κ1) is 44.1. The summed E-state index contributed by atoms with van der Waals surface area (Å²) in [6.45, 7) is 16.8. The molecule has 0 radical (unpaired) electrons. The van der Waals surface area contributed by atoms with Crippen LogP contribution in [-0.4, -0.2) is 148 Å². The lowest BCUT2D eigenvalue weighted by Gasteiger charge is -2.49. The number of likely N-dealkylation sites (N-methyl/N-ethyl adjacent to an activating group) is 1. The summed E-state index contributed by atoms with van der Waals surface area (Å²) >= 11 is 0. The van der Waals surface area contributed by atoms with Crippen molar-refractivity contribution in [1.82, 2.24) is 4.90 Å². The van der Waals surface area contributed by atoms with E-state index in [2.05, 4.69) is 0 Å². The Hall–Kier alpha value is -1.30. The van der Waals surface area contributed by atoms with Crippen LogP contribution >= 0.6 is 0 Å². The van der Waals surface area contributed by atoms with Crippen molar-refractivity contribution in [3.05, 3.63) is 0 Å². The second-order valence-electron chi connectivity index (χ2n) is 16.5. The number of hydrogen-bond acceptors (Lipinski definition) is 14. The lowest BCUT2D eigenvalue weighted by molar-refractivity contribution is -0.317. The van der Waals surface area contributed by atoms with E-state index in [1.807, 2.05) is 25.9 Å². The molecule has 18 atom stereocenters. The van der Waals surface area contributed by atoms with Crippen LogP contribution < -0.4 is 0 Å². The van der Waals surface area contributed by atoms with Gasteiger partial charge in [0, 0.05) is 37.1 Å². The average Bonchev–Trinajstić information content (AvgIpc) is 3.05. The maximum absolute atomic E-state index is 14.1.